The zero-order chi connectivity index (χ0) is 14.5. The van der Waals surface area contributed by atoms with Gasteiger partial charge < -0.3 is 9.47 Å². The molecule has 2 aromatic rings. The van der Waals surface area contributed by atoms with Crippen LogP contribution in [0.2, 0.25) is 0 Å². The monoisotopic (exact) mass is 386 g/mol. The van der Waals surface area contributed by atoms with Gasteiger partial charge in [-0.25, -0.2) is 10.4 Å². The predicted molar refractivity (Wildman–Crippen MR) is 83.5 cm³/mol. The van der Waals surface area contributed by atoms with Gasteiger partial charge >= 0.3 is 0 Å². The minimum absolute atomic E-state index is 0.309. The summed E-state index contributed by atoms with van der Waals surface area (Å²) in [6.45, 7) is 0. The van der Waals surface area contributed by atoms with E-state index in [1.807, 2.05) is 24.3 Å². The number of methoxy groups -OCH3 is 2. The van der Waals surface area contributed by atoms with Crippen LogP contribution in [0.5, 0.6) is 11.8 Å². The van der Waals surface area contributed by atoms with Crippen LogP contribution in [0.3, 0.4) is 0 Å². The van der Waals surface area contributed by atoms with Crippen LogP contribution in [0, 0.1) is 3.57 Å². The van der Waals surface area contributed by atoms with Crippen LogP contribution in [0.15, 0.2) is 30.5 Å². The lowest BCUT2D eigenvalue weighted by Crippen LogP contribution is -2.30. The van der Waals surface area contributed by atoms with Crippen LogP contribution in [-0.2, 0) is 0 Å². The third-order valence-electron chi connectivity index (χ3n) is 2.80. The molecule has 0 amide bonds. The Balaban J connectivity index is 2.49. The Morgan fingerprint density at radius 3 is 2.60 bits per heavy atom. The van der Waals surface area contributed by atoms with Crippen molar-refractivity contribution in [3.8, 4) is 11.8 Å². The Kier molecular flexibility index (Phi) is 5.10. The van der Waals surface area contributed by atoms with Crippen molar-refractivity contribution in [2.75, 3.05) is 14.2 Å². The molecule has 0 fully saturated rings. The predicted octanol–water partition coefficient (Wildman–Crippen LogP) is 1.65. The van der Waals surface area contributed by atoms with Gasteiger partial charge in [0.2, 0.25) is 11.8 Å². The fourth-order valence-corrected chi connectivity index (χ4v) is 2.54. The van der Waals surface area contributed by atoms with E-state index in [0.29, 0.717) is 17.5 Å². The molecule has 3 N–H and O–H groups in total. The number of hydrogen-bond donors (Lipinski definition) is 2. The number of hydrazine groups is 1. The topological polar surface area (TPSA) is 82.3 Å². The summed E-state index contributed by atoms with van der Waals surface area (Å²) in [5.74, 6) is 6.47. The average molecular weight is 386 g/mol. The molecule has 1 unspecified atom stereocenters. The number of nitrogens with two attached hydrogens (primary N) is 1. The molecule has 6 nitrogen and oxygen atoms in total. The summed E-state index contributed by atoms with van der Waals surface area (Å²) in [6.07, 6.45) is 1.54. The van der Waals surface area contributed by atoms with E-state index in [-0.39, 0.29) is 6.04 Å². The van der Waals surface area contributed by atoms with E-state index in [1.54, 1.807) is 0 Å². The fourth-order valence-electron chi connectivity index (χ4n) is 1.84. The van der Waals surface area contributed by atoms with Crippen molar-refractivity contribution in [3.63, 3.8) is 0 Å². The third kappa shape index (κ3) is 3.00. The van der Waals surface area contributed by atoms with Crippen molar-refractivity contribution in [2.45, 2.75) is 6.04 Å². The molecular weight excluding hydrogens is 371 g/mol. The van der Waals surface area contributed by atoms with Gasteiger partial charge in [-0.05, 0) is 34.2 Å². The second-order valence-electron chi connectivity index (χ2n) is 3.93. The molecular formula is C13H15IN4O2. The van der Waals surface area contributed by atoms with Crippen molar-refractivity contribution in [1.82, 2.24) is 15.4 Å². The summed E-state index contributed by atoms with van der Waals surface area (Å²) in [5, 5.41) is 0. The van der Waals surface area contributed by atoms with Gasteiger partial charge in [0, 0.05) is 3.57 Å². The Bertz CT molecular complexity index is 594. The van der Waals surface area contributed by atoms with E-state index in [0.717, 1.165) is 9.13 Å². The fraction of sp³-hybridized carbons (Fsp3) is 0.231. The van der Waals surface area contributed by atoms with Gasteiger partial charge in [-0.15, -0.1) is 0 Å². The van der Waals surface area contributed by atoms with Gasteiger partial charge in [0.15, 0.2) is 0 Å². The number of halogens is 1. The highest BCUT2D eigenvalue weighted by molar-refractivity contribution is 14.1. The van der Waals surface area contributed by atoms with Crippen LogP contribution in [0.4, 0.5) is 0 Å². The molecule has 1 atom stereocenters. The lowest BCUT2D eigenvalue weighted by atomic mass is 10.0. The molecule has 0 saturated heterocycles. The van der Waals surface area contributed by atoms with Gasteiger partial charge in [0.1, 0.15) is 5.69 Å². The van der Waals surface area contributed by atoms with Crippen LogP contribution in [0.25, 0.3) is 0 Å². The zero-order valence-corrected chi connectivity index (χ0v) is 13.3. The van der Waals surface area contributed by atoms with Crippen molar-refractivity contribution < 1.29 is 9.47 Å². The van der Waals surface area contributed by atoms with E-state index in [2.05, 4.69) is 38.0 Å². The molecule has 0 aliphatic heterocycles. The Morgan fingerprint density at radius 2 is 2.00 bits per heavy atom. The lowest BCUT2D eigenvalue weighted by Gasteiger charge is -2.19. The highest BCUT2D eigenvalue weighted by Crippen LogP contribution is 2.30. The lowest BCUT2D eigenvalue weighted by molar-refractivity contribution is 0.352. The minimum atomic E-state index is -0.309. The highest BCUT2D eigenvalue weighted by atomic mass is 127. The highest BCUT2D eigenvalue weighted by Gasteiger charge is 2.22. The summed E-state index contributed by atoms with van der Waals surface area (Å²) in [7, 11) is 3.07. The SMILES string of the molecule is COc1cnc(C(NN)c2ccccc2I)c(OC)n1. The summed E-state index contributed by atoms with van der Waals surface area (Å²) < 4.78 is 11.4. The van der Waals surface area contributed by atoms with Crippen LogP contribution in [-0.4, -0.2) is 24.2 Å². The van der Waals surface area contributed by atoms with E-state index >= 15 is 0 Å². The minimum Gasteiger partial charge on any atom is -0.480 e. The van der Waals surface area contributed by atoms with Gasteiger partial charge in [0.25, 0.3) is 0 Å². The van der Waals surface area contributed by atoms with Gasteiger partial charge in [-0.3, -0.25) is 5.84 Å². The van der Waals surface area contributed by atoms with Crippen molar-refractivity contribution in [1.29, 1.82) is 0 Å². The zero-order valence-electron chi connectivity index (χ0n) is 11.1. The Labute approximate surface area is 130 Å². The second-order valence-corrected chi connectivity index (χ2v) is 5.09. The van der Waals surface area contributed by atoms with Gasteiger partial charge in [-0.1, -0.05) is 18.2 Å². The smallest absolute Gasteiger partial charge is 0.240 e. The largest absolute Gasteiger partial charge is 0.480 e. The van der Waals surface area contributed by atoms with Crippen molar-refractivity contribution in [2.24, 2.45) is 5.84 Å². The molecule has 1 aromatic heterocycles. The first-order valence-corrected chi connectivity index (χ1v) is 6.94. The van der Waals surface area contributed by atoms with E-state index in [4.69, 9.17) is 15.3 Å². The number of aromatic nitrogens is 2. The van der Waals surface area contributed by atoms with Crippen molar-refractivity contribution >= 4 is 22.6 Å². The second kappa shape index (κ2) is 6.82. The van der Waals surface area contributed by atoms with Gasteiger partial charge in [-0.2, -0.15) is 4.98 Å². The molecule has 1 aromatic carbocycles. The molecule has 0 aliphatic carbocycles. The third-order valence-corrected chi connectivity index (χ3v) is 3.79. The standard InChI is InChI=1S/C13H15IN4O2/c1-19-10-7-16-12(13(17-10)20-2)11(18-15)8-5-3-4-6-9(8)14/h3-7,11,18H,15H2,1-2H3. The Morgan fingerprint density at radius 1 is 1.25 bits per heavy atom. The number of hydrogen-bond acceptors (Lipinski definition) is 6. The first kappa shape index (κ1) is 14.9. The molecule has 2 rings (SSSR count). The number of benzene rings is 1. The van der Waals surface area contributed by atoms with Crippen LogP contribution < -0.4 is 20.7 Å². The molecule has 0 spiro atoms. The first-order chi connectivity index (χ1) is 9.71. The number of nitrogens with one attached hydrogen (secondary N) is 1. The molecule has 7 heteroatoms. The van der Waals surface area contributed by atoms with E-state index in [9.17, 15) is 0 Å². The summed E-state index contributed by atoms with van der Waals surface area (Å²) in [5.41, 5.74) is 4.38. The van der Waals surface area contributed by atoms with E-state index in [1.165, 1.54) is 20.4 Å². The number of ether oxygens (including phenoxy) is 2. The number of rotatable bonds is 5. The first-order valence-electron chi connectivity index (χ1n) is 5.86. The van der Waals surface area contributed by atoms with Crippen LogP contribution >= 0.6 is 22.6 Å². The molecule has 0 bridgehead atoms. The molecule has 0 radical (unpaired) electrons. The quantitative estimate of drug-likeness (QED) is 0.462. The van der Waals surface area contributed by atoms with Crippen molar-refractivity contribution in [3.05, 3.63) is 45.3 Å². The maximum atomic E-state index is 5.69. The van der Waals surface area contributed by atoms with Crippen LogP contribution in [0.1, 0.15) is 17.3 Å². The summed E-state index contributed by atoms with van der Waals surface area (Å²) in [4.78, 5) is 8.58. The average Bonchev–Trinajstić information content (AvgIpc) is 2.50. The molecule has 0 aliphatic rings. The molecule has 20 heavy (non-hydrogen) atoms. The number of nitrogens with zero attached hydrogens (tertiary/aromatic N) is 2. The maximum absolute atomic E-state index is 5.69. The summed E-state index contributed by atoms with van der Waals surface area (Å²) in [6, 6.07) is 7.60. The molecule has 1 heterocycles. The Hall–Kier alpha value is -1.45. The van der Waals surface area contributed by atoms with Gasteiger partial charge in [0.05, 0.1) is 26.5 Å². The molecule has 0 saturated carbocycles. The molecule has 106 valence electrons. The normalized spacial score (nSPS) is 12.0. The summed E-state index contributed by atoms with van der Waals surface area (Å²) >= 11 is 2.25. The maximum Gasteiger partial charge on any atom is 0.240 e. The van der Waals surface area contributed by atoms with E-state index < -0.39 is 0 Å².